The monoisotopic (exact) mass is 1270 g/mol. The molecule has 12 nitrogen and oxygen atoms in total. The van der Waals surface area contributed by atoms with Crippen molar-refractivity contribution in [3.05, 3.63) is 144 Å². The zero-order valence-electron chi connectivity index (χ0n) is 52.1. The maximum Gasteiger partial charge on any atom is 0.241 e. The van der Waals surface area contributed by atoms with Crippen LogP contribution < -0.4 is 28.7 Å². The smallest absolute Gasteiger partial charge is 0.241 e. The molecule has 8 bridgehead atoms. The van der Waals surface area contributed by atoms with Crippen molar-refractivity contribution in [3.63, 3.8) is 0 Å². The van der Waals surface area contributed by atoms with E-state index in [2.05, 4.69) is 117 Å². The number of anilines is 2. The minimum Gasteiger partial charge on any atom is -0.506 e. The number of sulfonamides is 2. The van der Waals surface area contributed by atoms with Crippen molar-refractivity contribution in [2.24, 2.45) is 0 Å². The van der Waals surface area contributed by atoms with Gasteiger partial charge in [-0.2, -0.15) is 0 Å². The van der Waals surface area contributed by atoms with Crippen LogP contribution in [0.15, 0.2) is 170 Å². The Bertz CT molecular complexity index is 3780. The normalized spacial score (nSPS) is 13.5. The number of benzene rings is 8. The number of rotatable bonds is 14. The molecule has 0 amide bonds. The topological polar surface area (TPSA) is 158 Å². The lowest BCUT2D eigenvalue weighted by Crippen LogP contribution is -2.28. The maximum absolute atomic E-state index is 14.2. The van der Waals surface area contributed by atoms with Crippen molar-refractivity contribution in [3.8, 4) is 23.0 Å². The number of phenolic OH excluding ortho intramolecular Hbond substituents is 2. The molecule has 1 aliphatic heterocycles. The number of hydrogen-bond donors (Lipinski definition) is 4. The maximum atomic E-state index is 14.2. The molecule has 0 aliphatic carbocycles. The molecule has 0 saturated heterocycles. The van der Waals surface area contributed by atoms with E-state index in [1.54, 1.807) is 24.3 Å². The molecule has 9 rings (SSSR count). The van der Waals surface area contributed by atoms with Crippen molar-refractivity contribution in [2.45, 2.75) is 154 Å². The summed E-state index contributed by atoms with van der Waals surface area (Å²) in [7, 11) is -0.331. The van der Waals surface area contributed by atoms with E-state index in [1.165, 1.54) is 47.0 Å². The Labute approximate surface area is 526 Å². The van der Waals surface area contributed by atoms with E-state index in [-0.39, 0.29) is 69.3 Å². The van der Waals surface area contributed by atoms with Gasteiger partial charge < -0.3 is 29.5 Å². The average Bonchev–Trinajstić information content (AvgIpc) is 1.34. The van der Waals surface area contributed by atoms with Crippen molar-refractivity contribution in [2.75, 3.05) is 64.3 Å². The van der Waals surface area contributed by atoms with E-state index in [9.17, 15) is 27.0 Å². The lowest BCUT2D eigenvalue weighted by Gasteiger charge is -2.27. The first-order valence-electron chi connectivity index (χ1n) is 28.6. The van der Waals surface area contributed by atoms with Gasteiger partial charge >= 0.3 is 0 Å². The van der Waals surface area contributed by atoms with Crippen LogP contribution in [-0.4, -0.2) is 81.5 Å². The van der Waals surface area contributed by atoms with E-state index in [4.69, 9.17) is 9.47 Å². The second kappa shape index (κ2) is 24.7. The average molecular weight is 1270 g/mol. The summed E-state index contributed by atoms with van der Waals surface area (Å²) in [6.45, 7) is 25.4. The summed E-state index contributed by atoms with van der Waals surface area (Å²) in [5.74, 6) is 1.02. The van der Waals surface area contributed by atoms with Gasteiger partial charge in [0.2, 0.25) is 20.0 Å². The predicted octanol–water partition coefficient (Wildman–Crippen LogP) is 16.4. The molecule has 1 heterocycles. The van der Waals surface area contributed by atoms with Gasteiger partial charge in [0.25, 0.3) is 0 Å². The Morgan fingerprint density at radius 1 is 0.395 bits per heavy atom. The Hall–Kier alpha value is -5.70. The van der Waals surface area contributed by atoms with Crippen LogP contribution in [-0.2, 0) is 41.7 Å². The third kappa shape index (κ3) is 14.1. The summed E-state index contributed by atoms with van der Waals surface area (Å²) < 4.78 is 76.4. The van der Waals surface area contributed by atoms with Gasteiger partial charge in [0.05, 0.1) is 49.0 Å². The quantitative estimate of drug-likeness (QED) is 0.0762. The minimum absolute atomic E-state index is 0.0425. The first kappa shape index (κ1) is 64.8. The molecule has 0 saturated carbocycles. The van der Waals surface area contributed by atoms with Crippen molar-refractivity contribution < 1.29 is 36.5 Å². The highest BCUT2D eigenvalue weighted by Crippen LogP contribution is 2.56. The van der Waals surface area contributed by atoms with Gasteiger partial charge in [0.1, 0.15) is 36.2 Å². The van der Waals surface area contributed by atoms with Gasteiger partial charge in [-0.25, -0.2) is 26.3 Å². The van der Waals surface area contributed by atoms with Crippen LogP contribution in [0.25, 0.3) is 21.5 Å². The molecule has 8 aromatic carbocycles. The van der Waals surface area contributed by atoms with Crippen LogP contribution >= 0.6 is 47.0 Å². The van der Waals surface area contributed by atoms with Gasteiger partial charge in [-0.1, -0.05) is 179 Å². The molecule has 0 radical (unpaired) electrons. The summed E-state index contributed by atoms with van der Waals surface area (Å²) in [4.78, 5) is 9.26. The number of nitrogens with zero attached hydrogens (tertiary/aromatic N) is 2. The van der Waals surface area contributed by atoms with Crippen LogP contribution in [0.3, 0.4) is 0 Å². The van der Waals surface area contributed by atoms with Crippen molar-refractivity contribution in [1.29, 1.82) is 0 Å². The third-order valence-electron chi connectivity index (χ3n) is 15.0. The lowest BCUT2D eigenvalue weighted by atomic mass is 9.87. The molecule has 0 unspecified atom stereocenters. The van der Waals surface area contributed by atoms with E-state index in [0.29, 0.717) is 61.4 Å². The summed E-state index contributed by atoms with van der Waals surface area (Å²) in [5, 5.41) is 28.5. The predicted molar refractivity (Wildman–Crippen MR) is 358 cm³/mol. The molecule has 4 N–H and O–H groups in total. The number of ether oxygens (including phenoxy) is 2. The fraction of sp³-hybridized carbons (Fsp3) is 0.353. The van der Waals surface area contributed by atoms with E-state index in [0.717, 1.165) is 44.4 Å². The molecule has 8 aromatic rings. The Kier molecular flexibility index (Phi) is 18.6. The zero-order valence-corrected chi connectivity index (χ0v) is 57.0. The Morgan fingerprint density at radius 2 is 0.651 bits per heavy atom. The fourth-order valence-electron chi connectivity index (χ4n) is 10.0. The van der Waals surface area contributed by atoms with Crippen molar-refractivity contribution in [1.82, 2.24) is 9.44 Å². The standard InChI is InChI=1S/C68H80N4O8S6/c1-65(2,3)41-33-51-61(73)52(34-41)82-56-38-44(68(10,11)12)40-58(64(56)80-32-30-70-86(77,78)60-28-20-22-46-48(60)24-18-26-50(46)72(15)16)84-54-36-42(66(4,5)6)35-53(62(54)74)83-57-39-43(67(7,8)9)37-55(81-51)63(57)79-31-29-69-85(75,76)59-27-19-21-45-47(59)23-17-25-49(45)71(13)14/h17-28,33-40,69-70,73-74H,29-32H2,1-16H3. The SMILES string of the molecule is CN(C)c1cccc2c(S(=O)(=O)NCCOc3c4cc(C(C)(C)C)cc3Sc3cc(C(C)(C)C)cc(c3O)Sc3cc(C(C)(C)C)cc(c3OCCNS(=O)(=O)c3cccc5c(N(C)C)cccc35)Sc3cc(C(C)(C)C)cc(c3O)S4)cccc12. The molecule has 86 heavy (non-hydrogen) atoms. The van der Waals surface area contributed by atoms with Gasteiger partial charge in [0.15, 0.2) is 0 Å². The Balaban J connectivity index is 1.17. The summed E-state index contributed by atoms with van der Waals surface area (Å²) in [5.41, 5.74) is 4.20. The van der Waals surface area contributed by atoms with Gasteiger partial charge in [-0.05, 0) is 117 Å². The van der Waals surface area contributed by atoms with E-state index in [1.807, 2.05) is 111 Å². The number of nitrogens with one attached hydrogen (secondary N) is 2. The molecular formula is C68H80N4O8S6. The summed E-state index contributed by atoms with van der Waals surface area (Å²) >= 11 is 5.46. The highest BCUT2D eigenvalue weighted by atomic mass is 32.2. The van der Waals surface area contributed by atoms with Gasteiger partial charge in [-0.15, -0.1) is 0 Å². The number of hydrogen-bond acceptors (Lipinski definition) is 14. The number of phenols is 2. The molecule has 456 valence electrons. The van der Waals surface area contributed by atoms with Crippen molar-refractivity contribution >= 4 is 100 Å². The second-order valence-electron chi connectivity index (χ2n) is 26.2. The van der Waals surface area contributed by atoms with E-state index >= 15 is 0 Å². The largest absolute Gasteiger partial charge is 0.506 e. The minimum atomic E-state index is -4.02. The summed E-state index contributed by atoms with van der Waals surface area (Å²) in [6, 6.07) is 38.3. The fourth-order valence-corrected chi connectivity index (χ4v) is 17.0. The van der Waals surface area contributed by atoms with Crippen LogP contribution in [0, 0.1) is 0 Å². The van der Waals surface area contributed by atoms with Crippen LogP contribution in [0.2, 0.25) is 0 Å². The molecule has 0 aromatic heterocycles. The number of aromatic hydroxyl groups is 2. The number of fused-ring (bicyclic) bond motifs is 10. The molecule has 0 fully saturated rings. The van der Waals surface area contributed by atoms with Gasteiger partial charge in [0, 0.05) is 74.2 Å². The Morgan fingerprint density at radius 3 is 0.919 bits per heavy atom. The van der Waals surface area contributed by atoms with Crippen LogP contribution in [0.4, 0.5) is 11.4 Å². The van der Waals surface area contributed by atoms with Gasteiger partial charge in [-0.3, -0.25) is 0 Å². The highest BCUT2D eigenvalue weighted by Gasteiger charge is 2.31. The molecule has 0 atom stereocenters. The first-order chi connectivity index (χ1) is 40.1. The third-order valence-corrected chi connectivity index (χ3v) is 22.3. The summed E-state index contributed by atoms with van der Waals surface area (Å²) in [6.07, 6.45) is 0. The van der Waals surface area contributed by atoms with E-state index < -0.39 is 20.0 Å². The first-order valence-corrected chi connectivity index (χ1v) is 34.8. The van der Waals surface area contributed by atoms with Crippen LogP contribution in [0.1, 0.15) is 105 Å². The van der Waals surface area contributed by atoms with Crippen LogP contribution in [0.5, 0.6) is 23.0 Å². The molecular weight excluding hydrogens is 1190 g/mol. The lowest BCUT2D eigenvalue weighted by molar-refractivity contribution is 0.307. The zero-order chi connectivity index (χ0) is 62.6. The molecule has 18 heteroatoms. The molecule has 1 aliphatic rings. The second-order valence-corrected chi connectivity index (χ2v) is 34.0. The molecule has 0 spiro atoms. The highest BCUT2D eigenvalue weighted by molar-refractivity contribution is 8.01.